The Bertz CT molecular complexity index is 972. The first kappa shape index (κ1) is 15.8. The number of carbonyl (C=O) groups is 2. The SMILES string of the molecule is C/C(N)=N/OC(=O)c1csc(C(=O)c2c[nH]c3c(F)cccc23)n1. The van der Waals surface area contributed by atoms with Crippen LogP contribution in [0.15, 0.2) is 34.9 Å². The molecular formula is C15H11FN4O3S. The standard InChI is InChI=1S/C15H11FN4O3S/c1-7(17)20-23-15(22)11-6-24-14(19-11)13(21)9-5-18-12-8(9)3-2-4-10(12)16/h2-6,18H,1H3,(H2,17,20). The molecule has 3 aromatic rings. The molecule has 2 aromatic heterocycles. The third-order valence-corrected chi connectivity index (χ3v) is 3.93. The number of hydrogen-bond donors (Lipinski definition) is 2. The third kappa shape index (κ3) is 2.88. The van der Waals surface area contributed by atoms with Crippen molar-refractivity contribution in [2.45, 2.75) is 6.92 Å². The minimum atomic E-state index is -0.819. The van der Waals surface area contributed by atoms with Crippen molar-refractivity contribution in [3.8, 4) is 0 Å². The van der Waals surface area contributed by atoms with E-state index in [4.69, 9.17) is 5.73 Å². The molecule has 3 N–H and O–H groups in total. The quantitative estimate of drug-likeness (QED) is 0.248. The molecule has 7 nitrogen and oxygen atoms in total. The van der Waals surface area contributed by atoms with Crippen LogP contribution in [0.5, 0.6) is 0 Å². The number of thiazole rings is 1. The van der Waals surface area contributed by atoms with E-state index in [1.54, 1.807) is 6.07 Å². The second-order valence-corrected chi connectivity index (χ2v) is 5.70. The Labute approximate surface area is 138 Å². The van der Waals surface area contributed by atoms with Crippen molar-refractivity contribution in [1.82, 2.24) is 9.97 Å². The summed E-state index contributed by atoms with van der Waals surface area (Å²) >= 11 is 0.982. The van der Waals surface area contributed by atoms with E-state index in [1.807, 2.05) is 0 Å². The first-order valence-electron chi connectivity index (χ1n) is 6.74. The summed E-state index contributed by atoms with van der Waals surface area (Å²) < 4.78 is 13.7. The second kappa shape index (κ2) is 6.20. The number of oxime groups is 1. The lowest BCUT2D eigenvalue weighted by molar-refractivity contribution is 0.0509. The molecule has 0 aliphatic carbocycles. The minimum Gasteiger partial charge on any atom is -0.385 e. The van der Waals surface area contributed by atoms with Gasteiger partial charge in [-0.1, -0.05) is 17.3 Å². The van der Waals surface area contributed by atoms with Gasteiger partial charge in [0.1, 0.15) is 11.7 Å². The number of benzene rings is 1. The fourth-order valence-corrected chi connectivity index (χ4v) is 2.79. The van der Waals surface area contributed by atoms with Crippen LogP contribution in [0.25, 0.3) is 10.9 Å². The van der Waals surface area contributed by atoms with Crippen molar-refractivity contribution >= 4 is 39.8 Å². The number of nitrogens with two attached hydrogens (primary N) is 1. The number of ketones is 1. The van der Waals surface area contributed by atoms with E-state index in [2.05, 4.69) is 20.0 Å². The topological polar surface area (TPSA) is 110 Å². The van der Waals surface area contributed by atoms with Gasteiger partial charge in [-0.2, -0.15) is 0 Å². The molecular weight excluding hydrogens is 335 g/mol. The number of hydrogen-bond acceptors (Lipinski definition) is 6. The molecule has 3 rings (SSSR count). The Morgan fingerprint density at radius 2 is 2.21 bits per heavy atom. The van der Waals surface area contributed by atoms with Gasteiger partial charge >= 0.3 is 5.97 Å². The highest BCUT2D eigenvalue weighted by molar-refractivity contribution is 7.12. The molecule has 0 aliphatic rings. The fraction of sp³-hybridized carbons (Fsp3) is 0.0667. The fourth-order valence-electron chi connectivity index (χ4n) is 2.05. The Balaban J connectivity index is 1.89. The normalized spacial score (nSPS) is 11.7. The van der Waals surface area contributed by atoms with Crippen LogP contribution in [0.1, 0.15) is 32.8 Å². The lowest BCUT2D eigenvalue weighted by Gasteiger charge is -1.96. The van der Waals surface area contributed by atoms with Crippen LogP contribution in [0, 0.1) is 5.82 Å². The van der Waals surface area contributed by atoms with Gasteiger partial charge in [-0.3, -0.25) is 4.79 Å². The number of nitrogens with one attached hydrogen (secondary N) is 1. The molecule has 1 aromatic carbocycles. The summed E-state index contributed by atoms with van der Waals surface area (Å²) in [7, 11) is 0. The van der Waals surface area contributed by atoms with Gasteiger partial charge in [0.25, 0.3) is 0 Å². The molecule has 0 spiro atoms. The van der Waals surface area contributed by atoms with E-state index >= 15 is 0 Å². The van der Waals surface area contributed by atoms with Crippen LogP contribution in [0.3, 0.4) is 0 Å². The predicted octanol–water partition coefficient (Wildman–Crippen LogP) is 2.44. The lowest BCUT2D eigenvalue weighted by atomic mass is 10.1. The van der Waals surface area contributed by atoms with Gasteiger partial charge in [0.05, 0.1) is 11.1 Å². The number of nitrogens with zero attached hydrogens (tertiary/aromatic N) is 2. The molecule has 24 heavy (non-hydrogen) atoms. The summed E-state index contributed by atoms with van der Waals surface area (Å²) in [5.74, 6) is -1.62. The van der Waals surface area contributed by atoms with Crippen LogP contribution in [0.2, 0.25) is 0 Å². The zero-order valence-corrected chi connectivity index (χ0v) is 13.2. The molecule has 0 saturated heterocycles. The summed E-state index contributed by atoms with van der Waals surface area (Å²) in [6, 6.07) is 4.44. The van der Waals surface area contributed by atoms with Crippen molar-refractivity contribution in [1.29, 1.82) is 0 Å². The Morgan fingerprint density at radius 3 is 2.96 bits per heavy atom. The van der Waals surface area contributed by atoms with Crippen LogP contribution >= 0.6 is 11.3 Å². The van der Waals surface area contributed by atoms with Crippen molar-refractivity contribution in [2.75, 3.05) is 0 Å². The summed E-state index contributed by atoms with van der Waals surface area (Å²) in [6.45, 7) is 1.46. The zero-order chi connectivity index (χ0) is 17.3. The van der Waals surface area contributed by atoms with E-state index in [1.165, 1.54) is 30.6 Å². The molecule has 0 saturated carbocycles. The molecule has 0 amide bonds. The van der Waals surface area contributed by atoms with Gasteiger partial charge in [-0.05, 0) is 13.0 Å². The first-order valence-corrected chi connectivity index (χ1v) is 7.62. The van der Waals surface area contributed by atoms with E-state index in [9.17, 15) is 14.0 Å². The highest BCUT2D eigenvalue weighted by Crippen LogP contribution is 2.24. The summed E-state index contributed by atoms with van der Waals surface area (Å²) in [5, 5.41) is 5.25. The maximum Gasteiger partial charge on any atom is 0.384 e. The average Bonchev–Trinajstić information content (AvgIpc) is 3.19. The predicted molar refractivity (Wildman–Crippen MR) is 86.5 cm³/mol. The van der Waals surface area contributed by atoms with Crippen molar-refractivity contribution in [2.24, 2.45) is 10.9 Å². The van der Waals surface area contributed by atoms with Crippen molar-refractivity contribution in [3.05, 3.63) is 51.9 Å². The molecule has 9 heteroatoms. The van der Waals surface area contributed by atoms with Gasteiger partial charge in [0.15, 0.2) is 10.7 Å². The van der Waals surface area contributed by atoms with Crippen LogP contribution in [-0.2, 0) is 4.84 Å². The van der Waals surface area contributed by atoms with Gasteiger partial charge < -0.3 is 15.6 Å². The van der Waals surface area contributed by atoms with Crippen LogP contribution < -0.4 is 5.73 Å². The molecule has 122 valence electrons. The Hall–Kier alpha value is -3.07. The van der Waals surface area contributed by atoms with Crippen LogP contribution in [0.4, 0.5) is 4.39 Å². The average molecular weight is 346 g/mol. The molecule has 0 aliphatic heterocycles. The number of fused-ring (bicyclic) bond motifs is 1. The Morgan fingerprint density at radius 1 is 1.42 bits per heavy atom. The number of carbonyl (C=O) groups excluding carboxylic acids is 2. The summed E-state index contributed by atoms with van der Waals surface area (Å²) in [4.78, 5) is 35.5. The second-order valence-electron chi connectivity index (χ2n) is 4.84. The Kier molecular flexibility index (Phi) is 4.09. The summed E-state index contributed by atoms with van der Waals surface area (Å²) in [6.07, 6.45) is 1.41. The lowest BCUT2D eigenvalue weighted by Crippen LogP contribution is -2.09. The third-order valence-electron chi connectivity index (χ3n) is 3.09. The number of H-pyrrole nitrogens is 1. The van der Waals surface area contributed by atoms with Gasteiger partial charge in [-0.25, -0.2) is 14.2 Å². The molecule has 0 radical (unpaired) electrons. The number of aromatic nitrogens is 2. The monoisotopic (exact) mass is 346 g/mol. The van der Waals surface area contributed by atoms with E-state index in [-0.39, 0.29) is 27.6 Å². The maximum absolute atomic E-state index is 13.7. The van der Waals surface area contributed by atoms with Gasteiger partial charge in [-0.15, -0.1) is 11.3 Å². The number of halogens is 1. The highest BCUT2D eigenvalue weighted by Gasteiger charge is 2.21. The van der Waals surface area contributed by atoms with E-state index in [0.29, 0.717) is 5.39 Å². The zero-order valence-electron chi connectivity index (χ0n) is 12.4. The van der Waals surface area contributed by atoms with Gasteiger partial charge in [0.2, 0.25) is 5.78 Å². The maximum atomic E-state index is 13.7. The number of rotatable bonds is 4. The van der Waals surface area contributed by atoms with Crippen LogP contribution in [-0.4, -0.2) is 27.6 Å². The first-order chi connectivity index (χ1) is 11.5. The molecule has 0 atom stereocenters. The molecule has 2 heterocycles. The van der Waals surface area contributed by atoms with E-state index in [0.717, 1.165) is 11.3 Å². The van der Waals surface area contributed by atoms with Crippen molar-refractivity contribution in [3.63, 3.8) is 0 Å². The number of amidine groups is 1. The van der Waals surface area contributed by atoms with E-state index < -0.39 is 17.6 Å². The molecule has 0 bridgehead atoms. The smallest absolute Gasteiger partial charge is 0.384 e. The minimum absolute atomic E-state index is 0.0561. The largest absolute Gasteiger partial charge is 0.385 e. The molecule has 0 unspecified atom stereocenters. The molecule has 0 fully saturated rings. The summed E-state index contributed by atoms with van der Waals surface area (Å²) in [5.41, 5.74) is 5.73. The van der Waals surface area contributed by atoms with Crippen molar-refractivity contribution < 1.29 is 18.8 Å². The number of para-hydroxylation sites is 1. The number of aromatic amines is 1. The highest BCUT2D eigenvalue weighted by atomic mass is 32.1. The van der Waals surface area contributed by atoms with Gasteiger partial charge in [0, 0.05) is 17.0 Å².